The van der Waals surface area contributed by atoms with Crippen molar-refractivity contribution in [3.8, 4) is 16.9 Å². The maximum atomic E-state index is 12.2. The lowest BCUT2D eigenvalue weighted by Crippen LogP contribution is -2.21. The zero-order valence-electron chi connectivity index (χ0n) is 15.8. The first kappa shape index (κ1) is 18.0. The highest BCUT2D eigenvalue weighted by Crippen LogP contribution is 2.38. The zero-order chi connectivity index (χ0) is 19.7. The molecule has 1 aromatic carbocycles. The molecule has 0 atom stereocenters. The summed E-state index contributed by atoms with van der Waals surface area (Å²) < 4.78 is 12.5. The molecule has 2 aromatic heterocycles. The van der Waals surface area contributed by atoms with Gasteiger partial charge in [-0.1, -0.05) is 6.92 Å². The molecule has 1 aliphatic rings. The number of nitrogens with one attached hydrogen (secondary N) is 1. The maximum Gasteiger partial charge on any atom is 0.253 e. The van der Waals surface area contributed by atoms with Crippen LogP contribution in [-0.2, 0) is 31.3 Å². The Hall–Kier alpha value is -3.35. The van der Waals surface area contributed by atoms with Gasteiger partial charge in [0.1, 0.15) is 24.3 Å². The first-order chi connectivity index (χ1) is 13.5. The van der Waals surface area contributed by atoms with Crippen LogP contribution < -0.4 is 15.6 Å². The van der Waals surface area contributed by atoms with Gasteiger partial charge in [0.2, 0.25) is 5.91 Å². The lowest BCUT2D eigenvalue weighted by molar-refractivity contribution is -0.116. The predicted octanol–water partition coefficient (Wildman–Crippen LogP) is 3.07. The minimum Gasteiger partial charge on any atom is -0.485 e. The van der Waals surface area contributed by atoms with Crippen LogP contribution >= 0.6 is 0 Å². The number of nitrogens with zero attached hydrogens (tertiary/aromatic N) is 2. The first-order valence-corrected chi connectivity index (χ1v) is 9.21. The van der Waals surface area contributed by atoms with Crippen LogP contribution in [0.15, 0.2) is 46.3 Å². The van der Waals surface area contributed by atoms with Crippen LogP contribution in [0.4, 0.5) is 5.69 Å². The second-order valence-electron chi connectivity index (χ2n) is 6.85. The third-order valence-corrected chi connectivity index (χ3v) is 4.90. The Morgan fingerprint density at radius 3 is 2.82 bits per heavy atom. The van der Waals surface area contributed by atoms with E-state index in [0.29, 0.717) is 36.4 Å². The second-order valence-corrected chi connectivity index (χ2v) is 6.85. The molecule has 1 amide bonds. The average molecular weight is 379 g/mol. The number of hydrogen-bond donors (Lipinski definition) is 1. The number of fused-ring (bicyclic) bond motifs is 1. The number of hydrogen-bond acceptors (Lipinski definition) is 5. The number of aromatic nitrogens is 2. The smallest absolute Gasteiger partial charge is 0.253 e. The van der Waals surface area contributed by atoms with Gasteiger partial charge in [0.25, 0.3) is 5.56 Å². The molecule has 0 bridgehead atoms. The van der Waals surface area contributed by atoms with Gasteiger partial charge in [-0.3, -0.25) is 9.59 Å². The molecule has 0 aliphatic carbocycles. The van der Waals surface area contributed by atoms with Crippen molar-refractivity contribution in [3.05, 3.63) is 64.2 Å². The number of oxazole rings is 1. The molecule has 0 spiro atoms. The van der Waals surface area contributed by atoms with Gasteiger partial charge in [-0.25, -0.2) is 4.98 Å². The zero-order valence-corrected chi connectivity index (χ0v) is 15.8. The number of rotatable bonds is 5. The number of ether oxygens (including phenoxy) is 1. The van der Waals surface area contributed by atoms with Crippen molar-refractivity contribution >= 4 is 11.6 Å². The van der Waals surface area contributed by atoms with E-state index in [0.717, 1.165) is 22.3 Å². The van der Waals surface area contributed by atoms with Crippen molar-refractivity contribution in [2.75, 3.05) is 5.32 Å². The summed E-state index contributed by atoms with van der Waals surface area (Å²) >= 11 is 0. The molecule has 1 aliphatic heterocycles. The van der Waals surface area contributed by atoms with E-state index in [2.05, 4.69) is 16.4 Å². The Balaban J connectivity index is 1.78. The van der Waals surface area contributed by atoms with E-state index in [4.69, 9.17) is 9.15 Å². The van der Waals surface area contributed by atoms with Crippen molar-refractivity contribution < 1.29 is 13.9 Å². The van der Waals surface area contributed by atoms with Crippen LogP contribution in [0.25, 0.3) is 11.1 Å². The number of carbonyl (C=O) groups is 1. The second kappa shape index (κ2) is 7.34. The molecular formula is C21H21N3O4. The molecule has 1 N–H and O–H groups in total. The fourth-order valence-corrected chi connectivity index (χ4v) is 3.40. The number of pyridine rings is 1. The Kier molecular flexibility index (Phi) is 4.73. The Labute approximate surface area is 162 Å². The van der Waals surface area contributed by atoms with Gasteiger partial charge in [0.15, 0.2) is 6.39 Å². The summed E-state index contributed by atoms with van der Waals surface area (Å²) in [4.78, 5) is 28.2. The number of anilines is 1. The third-order valence-electron chi connectivity index (χ3n) is 4.90. The highest BCUT2D eigenvalue weighted by Gasteiger charge is 2.21. The molecule has 0 radical (unpaired) electrons. The summed E-state index contributed by atoms with van der Waals surface area (Å²) in [5, 5.41) is 2.92. The first-order valence-electron chi connectivity index (χ1n) is 9.21. The predicted molar refractivity (Wildman–Crippen MR) is 104 cm³/mol. The van der Waals surface area contributed by atoms with E-state index in [1.807, 2.05) is 25.3 Å². The fourth-order valence-electron chi connectivity index (χ4n) is 3.40. The standard InChI is InChI=1S/C21H21N3O4/c1-3-13-6-16(9-24(2)21(13)26)15-7-14-4-5-19(25)23-20(14)18(8-15)28-11-17-10-27-12-22-17/h6-10,12H,3-5,11H2,1-2H3,(H,23,25). The van der Waals surface area contributed by atoms with Crippen molar-refractivity contribution in [1.82, 2.24) is 9.55 Å². The third kappa shape index (κ3) is 3.43. The largest absolute Gasteiger partial charge is 0.485 e. The fraction of sp³-hybridized carbons (Fsp3) is 0.286. The van der Waals surface area contributed by atoms with E-state index < -0.39 is 0 Å². The minimum absolute atomic E-state index is 0.0129. The van der Waals surface area contributed by atoms with Gasteiger partial charge in [-0.2, -0.15) is 0 Å². The van der Waals surface area contributed by atoms with Crippen molar-refractivity contribution in [2.45, 2.75) is 32.8 Å². The van der Waals surface area contributed by atoms with Crippen LogP contribution in [0, 0.1) is 0 Å². The van der Waals surface area contributed by atoms with E-state index in [1.54, 1.807) is 11.6 Å². The Morgan fingerprint density at radius 2 is 2.07 bits per heavy atom. The van der Waals surface area contributed by atoms with Gasteiger partial charge in [-0.15, -0.1) is 0 Å². The molecule has 7 nitrogen and oxygen atoms in total. The average Bonchev–Trinajstić information content (AvgIpc) is 3.21. The summed E-state index contributed by atoms with van der Waals surface area (Å²) in [7, 11) is 1.76. The molecule has 28 heavy (non-hydrogen) atoms. The quantitative estimate of drug-likeness (QED) is 0.736. The van der Waals surface area contributed by atoms with Crippen molar-refractivity contribution in [2.24, 2.45) is 7.05 Å². The molecule has 0 saturated heterocycles. The molecule has 3 aromatic rings. The number of amides is 1. The van der Waals surface area contributed by atoms with Crippen LogP contribution in [0.3, 0.4) is 0 Å². The van der Waals surface area contributed by atoms with Crippen molar-refractivity contribution in [3.63, 3.8) is 0 Å². The summed E-state index contributed by atoms with van der Waals surface area (Å²) in [6.07, 6.45) is 6.44. The molecule has 0 fully saturated rings. The normalized spacial score (nSPS) is 13.1. The minimum atomic E-state index is -0.0260. The van der Waals surface area contributed by atoms with Gasteiger partial charge in [0.05, 0.1) is 5.69 Å². The topological polar surface area (TPSA) is 86.4 Å². The highest BCUT2D eigenvalue weighted by atomic mass is 16.5. The van der Waals surface area contributed by atoms with E-state index in [-0.39, 0.29) is 18.1 Å². The summed E-state index contributed by atoms with van der Waals surface area (Å²) in [5.74, 6) is 0.553. The summed E-state index contributed by atoms with van der Waals surface area (Å²) in [6, 6.07) is 5.87. The lowest BCUT2D eigenvalue weighted by atomic mass is 9.96. The van der Waals surface area contributed by atoms with Gasteiger partial charge >= 0.3 is 0 Å². The Morgan fingerprint density at radius 1 is 1.21 bits per heavy atom. The lowest BCUT2D eigenvalue weighted by Gasteiger charge is -2.22. The van der Waals surface area contributed by atoms with Gasteiger partial charge in [-0.05, 0) is 47.7 Å². The van der Waals surface area contributed by atoms with Crippen LogP contribution in [0.2, 0.25) is 0 Å². The molecule has 0 saturated carbocycles. The van der Waals surface area contributed by atoms with Gasteiger partial charge in [0, 0.05) is 25.2 Å². The van der Waals surface area contributed by atoms with E-state index in [9.17, 15) is 9.59 Å². The monoisotopic (exact) mass is 379 g/mol. The van der Waals surface area contributed by atoms with Gasteiger partial charge < -0.3 is 19.0 Å². The molecular weight excluding hydrogens is 358 g/mol. The number of benzene rings is 1. The van der Waals surface area contributed by atoms with Crippen molar-refractivity contribution in [1.29, 1.82) is 0 Å². The van der Waals surface area contributed by atoms with E-state index >= 15 is 0 Å². The molecule has 7 heteroatoms. The SMILES string of the molecule is CCc1cc(-c2cc3c(c(OCc4cocn4)c2)NC(=O)CC3)cn(C)c1=O. The molecule has 144 valence electrons. The summed E-state index contributed by atoms with van der Waals surface area (Å²) in [6.45, 7) is 2.20. The number of aryl methyl sites for hydroxylation is 3. The summed E-state index contributed by atoms with van der Waals surface area (Å²) in [5.41, 5.74) is 5.02. The van der Waals surface area contributed by atoms with Crippen LogP contribution in [-0.4, -0.2) is 15.5 Å². The van der Waals surface area contributed by atoms with E-state index in [1.165, 1.54) is 12.7 Å². The highest BCUT2D eigenvalue weighted by molar-refractivity contribution is 5.96. The number of carbonyl (C=O) groups excluding carboxylic acids is 1. The Bertz CT molecular complexity index is 1080. The maximum absolute atomic E-state index is 12.2. The van der Waals surface area contributed by atoms with Crippen LogP contribution in [0.5, 0.6) is 5.75 Å². The van der Waals surface area contributed by atoms with Crippen LogP contribution in [0.1, 0.15) is 30.2 Å². The molecule has 0 unspecified atom stereocenters. The molecule has 4 rings (SSSR count). The molecule has 3 heterocycles.